The molecule has 0 radical (unpaired) electrons. The van der Waals surface area contributed by atoms with Gasteiger partial charge in [0.2, 0.25) is 0 Å². The van der Waals surface area contributed by atoms with Crippen molar-refractivity contribution in [1.82, 2.24) is 9.78 Å². The summed E-state index contributed by atoms with van der Waals surface area (Å²) in [5, 5.41) is 5.95. The fraction of sp³-hybridized carbons (Fsp3) is 0.286. The average Bonchev–Trinajstić information content (AvgIpc) is 2.13. The molecule has 0 saturated heterocycles. The van der Waals surface area contributed by atoms with Crippen LogP contribution in [0.1, 0.15) is 0 Å². The van der Waals surface area contributed by atoms with Crippen LogP contribution in [0.25, 0.3) is 0 Å². The molecule has 6 nitrogen and oxygen atoms in total. The molecule has 70 valence electrons. The van der Waals surface area contributed by atoms with Crippen LogP contribution in [0.3, 0.4) is 0 Å². The average molecular weight is 183 g/mol. The third-order valence-electron chi connectivity index (χ3n) is 1.43. The van der Waals surface area contributed by atoms with Gasteiger partial charge in [0.15, 0.2) is 0 Å². The number of aryl methyl sites for hydroxylation is 1. The van der Waals surface area contributed by atoms with Gasteiger partial charge in [-0.15, -0.1) is 0 Å². The van der Waals surface area contributed by atoms with Crippen LogP contribution in [0.15, 0.2) is 17.1 Å². The molecule has 1 N–H and O–H groups in total. The van der Waals surface area contributed by atoms with Crippen molar-refractivity contribution in [1.29, 1.82) is 0 Å². The Morgan fingerprint density at radius 1 is 1.69 bits per heavy atom. The highest BCUT2D eigenvalue weighted by atomic mass is 16.5. The molecule has 6 heteroatoms. The van der Waals surface area contributed by atoms with Crippen LogP contribution in [-0.2, 0) is 11.8 Å². The summed E-state index contributed by atoms with van der Waals surface area (Å²) in [6.07, 6.45) is 0.732. The monoisotopic (exact) mass is 183 g/mol. The van der Waals surface area contributed by atoms with Gasteiger partial charge in [-0.05, 0) is 6.07 Å². The van der Waals surface area contributed by atoms with Crippen molar-refractivity contribution < 1.29 is 9.53 Å². The zero-order valence-electron chi connectivity index (χ0n) is 7.27. The van der Waals surface area contributed by atoms with E-state index >= 15 is 0 Å². The first kappa shape index (κ1) is 9.24. The van der Waals surface area contributed by atoms with E-state index in [0.717, 1.165) is 4.68 Å². The van der Waals surface area contributed by atoms with Gasteiger partial charge in [-0.3, -0.25) is 10.1 Å². The molecule has 1 aromatic heterocycles. The fourth-order valence-corrected chi connectivity index (χ4v) is 0.762. The Hall–Kier alpha value is -1.85. The van der Waals surface area contributed by atoms with Crippen LogP contribution in [-0.4, -0.2) is 23.0 Å². The minimum Gasteiger partial charge on any atom is -0.453 e. The molecule has 0 unspecified atom stereocenters. The van der Waals surface area contributed by atoms with E-state index in [4.69, 9.17) is 0 Å². The topological polar surface area (TPSA) is 73.2 Å². The van der Waals surface area contributed by atoms with Crippen molar-refractivity contribution in [3.8, 4) is 0 Å². The van der Waals surface area contributed by atoms with Gasteiger partial charge in [0.05, 0.1) is 7.11 Å². The van der Waals surface area contributed by atoms with Gasteiger partial charge >= 0.3 is 6.09 Å². The Kier molecular flexibility index (Phi) is 2.63. The smallest absolute Gasteiger partial charge is 0.411 e. The summed E-state index contributed by atoms with van der Waals surface area (Å²) < 4.78 is 5.45. The van der Waals surface area contributed by atoms with Crippen molar-refractivity contribution >= 4 is 11.8 Å². The van der Waals surface area contributed by atoms with Gasteiger partial charge in [0.25, 0.3) is 5.56 Å². The molecule has 0 fully saturated rings. The highest BCUT2D eigenvalue weighted by Gasteiger charge is 2.05. The molecule has 1 rings (SSSR count). The maximum Gasteiger partial charge on any atom is 0.411 e. The van der Waals surface area contributed by atoms with Crippen molar-refractivity contribution in [2.45, 2.75) is 0 Å². The zero-order valence-corrected chi connectivity index (χ0v) is 7.27. The van der Waals surface area contributed by atoms with E-state index < -0.39 is 6.09 Å². The van der Waals surface area contributed by atoms with Crippen LogP contribution in [0.4, 0.5) is 10.5 Å². The molecule has 1 amide bonds. The first-order valence-corrected chi connectivity index (χ1v) is 3.52. The number of aromatic nitrogens is 2. The molecule has 0 aliphatic carbocycles. The van der Waals surface area contributed by atoms with Crippen LogP contribution in [0.5, 0.6) is 0 Å². The van der Waals surface area contributed by atoms with E-state index in [1.54, 1.807) is 0 Å². The minimum atomic E-state index is -0.678. The molecule has 0 bridgehead atoms. The third-order valence-corrected chi connectivity index (χ3v) is 1.43. The van der Waals surface area contributed by atoms with Crippen molar-refractivity contribution in [2.75, 3.05) is 12.4 Å². The largest absolute Gasteiger partial charge is 0.453 e. The second-order valence-corrected chi connectivity index (χ2v) is 2.29. The predicted octanol–water partition coefficient (Wildman–Crippen LogP) is -0.0414. The normalized spacial score (nSPS) is 9.38. The zero-order chi connectivity index (χ0) is 9.84. The fourth-order valence-electron chi connectivity index (χ4n) is 0.762. The number of anilines is 1. The highest BCUT2D eigenvalue weighted by Crippen LogP contribution is 1.95. The quantitative estimate of drug-likeness (QED) is 0.662. The van der Waals surface area contributed by atoms with Gasteiger partial charge in [-0.1, -0.05) is 0 Å². The minimum absolute atomic E-state index is 0.143. The first-order valence-electron chi connectivity index (χ1n) is 3.52. The van der Waals surface area contributed by atoms with Crippen molar-refractivity contribution in [2.24, 2.45) is 7.05 Å². The lowest BCUT2D eigenvalue weighted by Gasteiger charge is -2.02. The standard InChI is InChI=1S/C7H9N3O3/c1-10-6(11)5(3-4-8-10)9-7(12)13-2/h3-4H,1-2H3,(H,9,12). The van der Waals surface area contributed by atoms with Crippen LogP contribution in [0, 0.1) is 0 Å². The van der Waals surface area contributed by atoms with E-state index in [9.17, 15) is 9.59 Å². The summed E-state index contributed by atoms with van der Waals surface area (Å²) in [7, 11) is 2.71. The second kappa shape index (κ2) is 3.70. The summed E-state index contributed by atoms with van der Waals surface area (Å²) >= 11 is 0. The molecule has 1 aromatic rings. The number of rotatable bonds is 1. The number of nitrogens with one attached hydrogen (secondary N) is 1. The van der Waals surface area contributed by atoms with Crippen molar-refractivity contribution in [3.05, 3.63) is 22.6 Å². The SMILES string of the molecule is COC(=O)Nc1ccnn(C)c1=O. The van der Waals surface area contributed by atoms with Gasteiger partial charge in [0, 0.05) is 13.2 Å². The van der Waals surface area contributed by atoms with E-state index in [1.807, 2.05) is 0 Å². The summed E-state index contributed by atoms with van der Waals surface area (Å²) in [6, 6.07) is 1.40. The molecular formula is C7H9N3O3. The Morgan fingerprint density at radius 2 is 2.38 bits per heavy atom. The summed E-state index contributed by atoms with van der Waals surface area (Å²) in [6.45, 7) is 0. The second-order valence-electron chi connectivity index (χ2n) is 2.29. The number of nitrogens with zero attached hydrogens (tertiary/aromatic N) is 2. The molecule has 0 aliphatic rings. The van der Waals surface area contributed by atoms with Gasteiger partial charge in [-0.2, -0.15) is 5.10 Å². The Bertz CT molecular complexity index is 371. The lowest BCUT2D eigenvalue weighted by Crippen LogP contribution is -2.25. The lowest BCUT2D eigenvalue weighted by atomic mass is 10.5. The lowest BCUT2D eigenvalue weighted by molar-refractivity contribution is 0.187. The predicted molar refractivity (Wildman–Crippen MR) is 45.5 cm³/mol. The molecule has 13 heavy (non-hydrogen) atoms. The molecule has 0 atom stereocenters. The summed E-state index contributed by atoms with van der Waals surface area (Å²) in [4.78, 5) is 22.0. The maximum absolute atomic E-state index is 11.3. The number of carbonyl (C=O) groups is 1. The molecule has 1 heterocycles. The number of methoxy groups -OCH3 is 1. The number of hydrogen-bond donors (Lipinski definition) is 1. The molecule has 0 aliphatic heterocycles. The van der Waals surface area contributed by atoms with Crippen LogP contribution >= 0.6 is 0 Å². The van der Waals surface area contributed by atoms with Crippen LogP contribution in [0.2, 0.25) is 0 Å². The van der Waals surface area contributed by atoms with E-state index in [2.05, 4.69) is 15.2 Å². The van der Waals surface area contributed by atoms with Gasteiger partial charge in [0.1, 0.15) is 5.69 Å². The summed E-state index contributed by atoms with van der Waals surface area (Å²) in [5.74, 6) is 0. The number of amides is 1. The molecule has 0 aromatic carbocycles. The first-order chi connectivity index (χ1) is 6.15. The van der Waals surface area contributed by atoms with E-state index in [1.165, 1.54) is 26.4 Å². The Morgan fingerprint density at radius 3 is 3.00 bits per heavy atom. The van der Waals surface area contributed by atoms with Crippen molar-refractivity contribution in [3.63, 3.8) is 0 Å². The molecule has 0 spiro atoms. The van der Waals surface area contributed by atoms with E-state index in [-0.39, 0.29) is 11.2 Å². The van der Waals surface area contributed by atoms with Gasteiger partial charge < -0.3 is 4.74 Å². The number of hydrogen-bond acceptors (Lipinski definition) is 4. The summed E-state index contributed by atoms with van der Waals surface area (Å²) in [5.41, 5.74) is -0.239. The number of ether oxygens (including phenoxy) is 1. The highest BCUT2D eigenvalue weighted by molar-refractivity contribution is 5.83. The Labute approximate surface area is 74.1 Å². The molecular weight excluding hydrogens is 174 g/mol. The Balaban J connectivity index is 2.96. The number of carbonyl (C=O) groups excluding carboxylic acids is 1. The third kappa shape index (κ3) is 2.05. The van der Waals surface area contributed by atoms with Gasteiger partial charge in [-0.25, -0.2) is 9.48 Å². The van der Waals surface area contributed by atoms with Crippen LogP contribution < -0.4 is 10.9 Å². The van der Waals surface area contributed by atoms with E-state index in [0.29, 0.717) is 0 Å². The molecule has 0 saturated carbocycles. The maximum atomic E-state index is 11.3.